The maximum atomic E-state index is 12.2. The molecule has 24 heavy (non-hydrogen) atoms. The van der Waals surface area contributed by atoms with Crippen molar-refractivity contribution in [1.29, 1.82) is 0 Å². The van der Waals surface area contributed by atoms with Gasteiger partial charge in [-0.3, -0.25) is 4.79 Å². The van der Waals surface area contributed by atoms with Gasteiger partial charge in [0.05, 0.1) is 7.11 Å². The molecular weight excluding hydrogens is 322 g/mol. The van der Waals surface area contributed by atoms with Crippen molar-refractivity contribution in [2.45, 2.75) is 31.1 Å². The minimum Gasteiger partial charge on any atom is -0.497 e. The van der Waals surface area contributed by atoms with Crippen LogP contribution in [0.2, 0.25) is 0 Å². The molecule has 1 amide bonds. The molecule has 3 rings (SSSR count). The Morgan fingerprint density at radius 1 is 1.25 bits per heavy atom. The van der Waals surface area contributed by atoms with Crippen LogP contribution in [0.1, 0.15) is 31.2 Å². The van der Waals surface area contributed by atoms with Crippen LogP contribution < -0.4 is 14.8 Å². The van der Waals surface area contributed by atoms with E-state index in [4.69, 9.17) is 9.47 Å². The molecule has 5 heteroatoms. The molecule has 1 aromatic heterocycles. The maximum Gasteiger partial charge on any atom is 0.257 e. The summed E-state index contributed by atoms with van der Waals surface area (Å²) in [6.07, 6.45) is 4.74. The summed E-state index contributed by atoms with van der Waals surface area (Å²) in [6.45, 7) is 0.705. The monoisotopic (exact) mass is 345 g/mol. The second-order valence-corrected chi connectivity index (χ2v) is 7.02. The van der Waals surface area contributed by atoms with E-state index in [9.17, 15) is 4.79 Å². The molecule has 4 nitrogen and oxygen atoms in total. The van der Waals surface area contributed by atoms with E-state index in [-0.39, 0.29) is 17.9 Å². The van der Waals surface area contributed by atoms with Crippen LogP contribution in [0.3, 0.4) is 0 Å². The Morgan fingerprint density at radius 3 is 2.75 bits per heavy atom. The van der Waals surface area contributed by atoms with Gasteiger partial charge in [0.1, 0.15) is 11.5 Å². The van der Waals surface area contributed by atoms with Crippen LogP contribution in [0.5, 0.6) is 11.5 Å². The summed E-state index contributed by atoms with van der Waals surface area (Å²) in [5.41, 5.74) is 1.46. The third kappa shape index (κ3) is 3.90. The van der Waals surface area contributed by atoms with Crippen molar-refractivity contribution in [1.82, 2.24) is 5.32 Å². The van der Waals surface area contributed by atoms with Crippen LogP contribution in [0.15, 0.2) is 41.1 Å². The van der Waals surface area contributed by atoms with Crippen LogP contribution in [0.25, 0.3) is 0 Å². The molecule has 128 valence electrons. The highest BCUT2D eigenvalue weighted by Gasteiger charge is 2.36. The molecule has 0 aliphatic heterocycles. The Kier molecular flexibility index (Phi) is 5.41. The van der Waals surface area contributed by atoms with Crippen LogP contribution >= 0.6 is 11.3 Å². The summed E-state index contributed by atoms with van der Waals surface area (Å²) in [5, 5.41) is 7.39. The fraction of sp³-hybridized carbons (Fsp3) is 0.421. The molecule has 2 aromatic rings. The van der Waals surface area contributed by atoms with Gasteiger partial charge < -0.3 is 14.8 Å². The summed E-state index contributed by atoms with van der Waals surface area (Å²) >= 11 is 1.72. The van der Waals surface area contributed by atoms with Gasteiger partial charge in [-0.05, 0) is 47.4 Å². The van der Waals surface area contributed by atoms with Gasteiger partial charge in [-0.1, -0.05) is 18.9 Å². The van der Waals surface area contributed by atoms with Crippen molar-refractivity contribution < 1.29 is 14.3 Å². The predicted molar refractivity (Wildman–Crippen MR) is 96.0 cm³/mol. The lowest BCUT2D eigenvalue weighted by molar-refractivity contribution is -0.123. The summed E-state index contributed by atoms with van der Waals surface area (Å²) < 4.78 is 10.7. The normalized spacial score (nSPS) is 15.9. The molecular formula is C19H23NO3S. The van der Waals surface area contributed by atoms with Crippen LogP contribution in [-0.4, -0.2) is 26.2 Å². The van der Waals surface area contributed by atoms with Crippen molar-refractivity contribution in [2.75, 3.05) is 20.3 Å². The van der Waals surface area contributed by atoms with Gasteiger partial charge in [-0.25, -0.2) is 0 Å². The largest absolute Gasteiger partial charge is 0.497 e. The summed E-state index contributed by atoms with van der Waals surface area (Å²) in [4.78, 5) is 12.2. The van der Waals surface area contributed by atoms with E-state index in [0.717, 1.165) is 18.6 Å². The molecule has 1 fully saturated rings. The zero-order valence-electron chi connectivity index (χ0n) is 13.9. The average Bonchev–Trinajstić information content (AvgIpc) is 3.30. The fourth-order valence-electron chi connectivity index (χ4n) is 3.34. The number of nitrogens with one attached hydrogen (secondary N) is 1. The standard InChI is InChI=1S/C19H23NO3S/c1-22-16-5-4-6-17(11-16)23-12-18(21)20-14-19(8-2-3-9-19)15-7-10-24-13-15/h4-7,10-11,13H,2-3,8-9,12,14H2,1H3,(H,20,21). The number of carbonyl (C=O) groups is 1. The number of rotatable bonds is 7. The number of methoxy groups -OCH3 is 1. The molecule has 0 atom stereocenters. The second kappa shape index (κ2) is 7.71. The molecule has 1 heterocycles. The van der Waals surface area contributed by atoms with E-state index in [0.29, 0.717) is 12.3 Å². The van der Waals surface area contributed by atoms with Gasteiger partial charge >= 0.3 is 0 Å². The van der Waals surface area contributed by atoms with Gasteiger partial charge in [0.15, 0.2) is 6.61 Å². The van der Waals surface area contributed by atoms with E-state index in [1.807, 2.05) is 18.2 Å². The number of hydrogen-bond acceptors (Lipinski definition) is 4. The third-order valence-electron chi connectivity index (χ3n) is 4.73. The minimum absolute atomic E-state index is 0.0207. The number of benzene rings is 1. The van der Waals surface area contributed by atoms with Crippen LogP contribution in [-0.2, 0) is 10.2 Å². The average molecular weight is 345 g/mol. The lowest BCUT2D eigenvalue weighted by Gasteiger charge is -2.28. The van der Waals surface area contributed by atoms with Crippen molar-refractivity contribution in [3.05, 3.63) is 46.7 Å². The smallest absolute Gasteiger partial charge is 0.257 e. The minimum atomic E-state index is -0.0840. The van der Waals surface area contributed by atoms with Crippen molar-refractivity contribution >= 4 is 17.2 Å². The Hall–Kier alpha value is -2.01. The molecule has 0 spiro atoms. The summed E-state index contributed by atoms with van der Waals surface area (Å²) in [5.74, 6) is 1.27. The number of hydrogen-bond donors (Lipinski definition) is 1. The van der Waals surface area contributed by atoms with Crippen molar-refractivity contribution in [3.63, 3.8) is 0 Å². The van der Waals surface area contributed by atoms with Crippen molar-refractivity contribution in [2.24, 2.45) is 0 Å². The van der Waals surface area contributed by atoms with Crippen LogP contribution in [0, 0.1) is 0 Å². The van der Waals surface area contributed by atoms with E-state index in [1.54, 1.807) is 24.5 Å². The molecule has 0 saturated heterocycles. The summed E-state index contributed by atoms with van der Waals surface area (Å²) in [6, 6.07) is 9.47. The van der Waals surface area contributed by atoms with Crippen LogP contribution in [0.4, 0.5) is 0 Å². The Balaban J connectivity index is 1.53. The topological polar surface area (TPSA) is 47.6 Å². The van der Waals surface area contributed by atoms with E-state index in [1.165, 1.54) is 18.4 Å². The fourth-order valence-corrected chi connectivity index (χ4v) is 4.12. The first-order valence-corrected chi connectivity index (χ1v) is 9.22. The SMILES string of the molecule is COc1cccc(OCC(=O)NCC2(c3ccsc3)CCCC2)c1. The molecule has 1 aliphatic rings. The van der Waals surface area contributed by atoms with Crippen molar-refractivity contribution in [3.8, 4) is 11.5 Å². The molecule has 1 aliphatic carbocycles. The Morgan fingerprint density at radius 2 is 2.04 bits per heavy atom. The molecule has 0 radical (unpaired) electrons. The highest BCUT2D eigenvalue weighted by Crippen LogP contribution is 2.41. The van der Waals surface area contributed by atoms with Gasteiger partial charge in [0, 0.05) is 18.0 Å². The first kappa shape index (κ1) is 16.8. The first-order chi connectivity index (χ1) is 11.7. The zero-order chi connectivity index (χ0) is 16.8. The highest BCUT2D eigenvalue weighted by molar-refractivity contribution is 7.08. The lowest BCUT2D eigenvalue weighted by Crippen LogP contribution is -2.40. The second-order valence-electron chi connectivity index (χ2n) is 6.24. The lowest BCUT2D eigenvalue weighted by atomic mass is 9.80. The predicted octanol–water partition coefficient (Wildman–Crippen LogP) is 3.76. The van der Waals surface area contributed by atoms with Gasteiger partial charge in [0.25, 0.3) is 5.91 Å². The van der Waals surface area contributed by atoms with Gasteiger partial charge in [0.2, 0.25) is 0 Å². The molecule has 0 bridgehead atoms. The Labute approximate surface area is 146 Å². The molecule has 1 N–H and O–H groups in total. The number of ether oxygens (including phenoxy) is 2. The van der Waals surface area contributed by atoms with E-state index < -0.39 is 0 Å². The third-order valence-corrected chi connectivity index (χ3v) is 5.41. The van der Waals surface area contributed by atoms with Gasteiger partial charge in [-0.15, -0.1) is 0 Å². The molecule has 1 aromatic carbocycles. The van der Waals surface area contributed by atoms with E-state index >= 15 is 0 Å². The molecule has 0 unspecified atom stereocenters. The maximum absolute atomic E-state index is 12.2. The number of amides is 1. The summed E-state index contributed by atoms with van der Waals surface area (Å²) in [7, 11) is 1.61. The van der Waals surface area contributed by atoms with E-state index in [2.05, 4.69) is 22.1 Å². The first-order valence-electron chi connectivity index (χ1n) is 8.28. The number of carbonyl (C=O) groups excluding carboxylic acids is 1. The quantitative estimate of drug-likeness (QED) is 0.831. The molecule has 1 saturated carbocycles. The highest BCUT2D eigenvalue weighted by atomic mass is 32.1. The number of thiophene rings is 1. The van der Waals surface area contributed by atoms with Gasteiger partial charge in [-0.2, -0.15) is 11.3 Å². The Bertz CT molecular complexity index is 663. The zero-order valence-corrected chi connectivity index (χ0v) is 14.7.